The van der Waals surface area contributed by atoms with Crippen molar-refractivity contribution < 1.29 is 9.30 Å². The van der Waals surface area contributed by atoms with Gasteiger partial charge in [0.2, 0.25) is 11.9 Å². The standard InChI is InChI=1S/C18H21N6O2P/c1-26-15-9-8-12(19)10-14(15)23-18-21-11-20-17(24-18)22-13-6-4-5-7-16(13)27(2,3)25/h4-11H,19H2,1-3H3,(H2,20,21,22,23,24). The molecule has 0 unspecified atom stereocenters. The second-order valence-corrected chi connectivity index (χ2v) is 9.39. The van der Waals surface area contributed by atoms with Crippen molar-refractivity contribution in [3.63, 3.8) is 0 Å². The first-order valence-electron chi connectivity index (χ1n) is 8.18. The maximum atomic E-state index is 12.5. The lowest BCUT2D eigenvalue weighted by atomic mass is 10.2. The number of aromatic nitrogens is 3. The van der Waals surface area contributed by atoms with Crippen LogP contribution in [-0.4, -0.2) is 35.4 Å². The summed E-state index contributed by atoms with van der Waals surface area (Å²) in [7, 11) is -0.884. The second kappa shape index (κ2) is 7.63. The van der Waals surface area contributed by atoms with Gasteiger partial charge in [0.1, 0.15) is 19.2 Å². The first-order valence-corrected chi connectivity index (χ1v) is 10.8. The fourth-order valence-corrected chi connectivity index (χ4v) is 3.69. The van der Waals surface area contributed by atoms with Crippen LogP contribution in [0.5, 0.6) is 5.75 Å². The minimum atomic E-state index is -2.46. The molecule has 3 aromatic rings. The molecule has 3 rings (SSSR count). The van der Waals surface area contributed by atoms with Crippen molar-refractivity contribution in [2.45, 2.75) is 0 Å². The van der Waals surface area contributed by atoms with Crippen molar-refractivity contribution in [1.82, 2.24) is 15.0 Å². The molecule has 0 radical (unpaired) electrons. The summed E-state index contributed by atoms with van der Waals surface area (Å²) in [4.78, 5) is 12.6. The monoisotopic (exact) mass is 384 g/mol. The van der Waals surface area contributed by atoms with Gasteiger partial charge < -0.3 is 25.7 Å². The summed E-state index contributed by atoms with van der Waals surface area (Å²) in [6.07, 6.45) is 1.39. The molecule has 0 aliphatic rings. The number of benzene rings is 2. The van der Waals surface area contributed by atoms with Crippen LogP contribution < -0.4 is 26.4 Å². The van der Waals surface area contributed by atoms with E-state index in [0.717, 1.165) is 5.30 Å². The largest absolute Gasteiger partial charge is 0.495 e. The first kappa shape index (κ1) is 18.7. The Bertz CT molecular complexity index is 1000. The highest BCUT2D eigenvalue weighted by molar-refractivity contribution is 7.70. The smallest absolute Gasteiger partial charge is 0.232 e. The van der Waals surface area contributed by atoms with Crippen molar-refractivity contribution in [1.29, 1.82) is 0 Å². The highest BCUT2D eigenvalue weighted by Crippen LogP contribution is 2.38. The molecular weight excluding hydrogens is 363 g/mol. The van der Waals surface area contributed by atoms with E-state index >= 15 is 0 Å². The van der Waals surface area contributed by atoms with Crippen LogP contribution >= 0.6 is 7.14 Å². The zero-order valence-corrected chi connectivity index (χ0v) is 16.2. The van der Waals surface area contributed by atoms with E-state index in [2.05, 4.69) is 25.6 Å². The topological polar surface area (TPSA) is 115 Å². The molecule has 2 aromatic carbocycles. The van der Waals surface area contributed by atoms with Crippen molar-refractivity contribution >= 4 is 41.4 Å². The molecule has 0 spiro atoms. The summed E-state index contributed by atoms with van der Waals surface area (Å²) >= 11 is 0. The molecule has 0 amide bonds. The SMILES string of the molecule is COc1ccc(N)cc1Nc1ncnc(Nc2ccccc2P(C)(C)=O)n1. The third-order valence-electron chi connectivity index (χ3n) is 3.77. The van der Waals surface area contributed by atoms with E-state index in [1.807, 2.05) is 24.3 Å². The fourth-order valence-electron chi connectivity index (χ4n) is 2.53. The van der Waals surface area contributed by atoms with Crippen LogP contribution in [-0.2, 0) is 4.57 Å². The van der Waals surface area contributed by atoms with Crippen molar-refractivity contribution in [3.8, 4) is 5.75 Å². The zero-order chi connectivity index (χ0) is 19.4. The number of nitrogen functional groups attached to an aromatic ring is 1. The summed E-state index contributed by atoms with van der Waals surface area (Å²) in [5.41, 5.74) is 7.76. The highest BCUT2D eigenvalue weighted by Gasteiger charge is 2.16. The van der Waals surface area contributed by atoms with Crippen molar-refractivity contribution in [2.24, 2.45) is 0 Å². The van der Waals surface area contributed by atoms with E-state index in [1.165, 1.54) is 6.33 Å². The highest BCUT2D eigenvalue weighted by atomic mass is 31.2. The van der Waals surface area contributed by atoms with Gasteiger partial charge in [0.15, 0.2) is 0 Å². The van der Waals surface area contributed by atoms with Crippen LogP contribution in [0.3, 0.4) is 0 Å². The number of nitrogens with one attached hydrogen (secondary N) is 2. The normalized spacial score (nSPS) is 11.1. The zero-order valence-electron chi connectivity index (χ0n) is 15.3. The Hall–Kier alpha value is -3.12. The molecule has 140 valence electrons. The van der Waals surface area contributed by atoms with E-state index < -0.39 is 7.14 Å². The molecule has 0 saturated carbocycles. The molecular formula is C18H21N6O2P. The third-order valence-corrected chi connectivity index (χ3v) is 5.32. The number of para-hydroxylation sites is 1. The van der Waals surface area contributed by atoms with Crippen molar-refractivity contribution in [3.05, 3.63) is 48.8 Å². The first-order chi connectivity index (χ1) is 12.9. The van der Waals surface area contributed by atoms with Crippen molar-refractivity contribution in [2.75, 3.05) is 36.8 Å². The summed E-state index contributed by atoms with van der Waals surface area (Å²) in [6, 6.07) is 12.6. The predicted molar refractivity (Wildman–Crippen MR) is 109 cm³/mol. The second-order valence-electron chi connectivity index (χ2n) is 6.21. The number of anilines is 5. The van der Waals surface area contributed by atoms with Gasteiger partial charge in [0.25, 0.3) is 0 Å². The summed E-state index contributed by atoms with van der Waals surface area (Å²) in [5, 5.41) is 6.92. The van der Waals surface area contributed by atoms with Crippen LogP contribution in [0, 0.1) is 0 Å². The molecule has 27 heavy (non-hydrogen) atoms. The Balaban J connectivity index is 1.88. The van der Waals surface area contributed by atoms with Gasteiger partial charge in [-0.05, 0) is 43.7 Å². The van der Waals surface area contributed by atoms with Crippen LogP contribution in [0.25, 0.3) is 0 Å². The van der Waals surface area contributed by atoms with E-state index in [4.69, 9.17) is 10.5 Å². The average molecular weight is 384 g/mol. The molecule has 8 nitrogen and oxygen atoms in total. The van der Waals surface area contributed by atoms with Crippen LogP contribution in [0.15, 0.2) is 48.8 Å². The third kappa shape index (κ3) is 4.54. The number of methoxy groups -OCH3 is 1. The van der Waals surface area contributed by atoms with Gasteiger partial charge in [-0.25, -0.2) is 9.97 Å². The summed E-state index contributed by atoms with van der Waals surface area (Å²) < 4.78 is 17.8. The van der Waals surface area contributed by atoms with E-state index in [1.54, 1.807) is 38.6 Å². The Labute approximate surface area is 157 Å². The number of hydrogen-bond donors (Lipinski definition) is 3. The minimum Gasteiger partial charge on any atom is -0.495 e. The lowest BCUT2D eigenvalue weighted by Gasteiger charge is -2.14. The van der Waals surface area contributed by atoms with Gasteiger partial charge in [-0.1, -0.05) is 12.1 Å². The van der Waals surface area contributed by atoms with E-state index in [0.29, 0.717) is 34.7 Å². The Morgan fingerprint density at radius 1 is 1.00 bits per heavy atom. The molecule has 0 saturated heterocycles. The van der Waals surface area contributed by atoms with Crippen LogP contribution in [0.2, 0.25) is 0 Å². The number of ether oxygens (including phenoxy) is 1. The van der Waals surface area contributed by atoms with E-state index in [9.17, 15) is 4.57 Å². The minimum absolute atomic E-state index is 0.324. The molecule has 9 heteroatoms. The molecule has 4 N–H and O–H groups in total. The lowest BCUT2D eigenvalue weighted by molar-refractivity contribution is 0.417. The predicted octanol–water partition coefficient (Wildman–Crippen LogP) is 3.20. The Morgan fingerprint density at radius 3 is 2.33 bits per heavy atom. The van der Waals surface area contributed by atoms with Crippen LogP contribution in [0.4, 0.5) is 29.0 Å². The molecule has 0 aliphatic carbocycles. The molecule has 0 aliphatic heterocycles. The maximum absolute atomic E-state index is 12.5. The lowest BCUT2D eigenvalue weighted by Crippen LogP contribution is -2.11. The van der Waals surface area contributed by atoms with Gasteiger partial charge in [-0.15, -0.1) is 0 Å². The maximum Gasteiger partial charge on any atom is 0.232 e. The Morgan fingerprint density at radius 2 is 1.67 bits per heavy atom. The van der Waals surface area contributed by atoms with Crippen LogP contribution in [0.1, 0.15) is 0 Å². The van der Waals surface area contributed by atoms with Gasteiger partial charge in [0.05, 0.1) is 18.5 Å². The summed E-state index contributed by atoms with van der Waals surface area (Å²) in [5.74, 6) is 1.27. The average Bonchev–Trinajstić information content (AvgIpc) is 2.62. The molecule has 0 fully saturated rings. The molecule has 0 atom stereocenters. The van der Waals surface area contributed by atoms with Gasteiger partial charge >= 0.3 is 0 Å². The fraction of sp³-hybridized carbons (Fsp3) is 0.167. The number of hydrogen-bond acceptors (Lipinski definition) is 8. The quantitative estimate of drug-likeness (QED) is 0.438. The van der Waals surface area contributed by atoms with Gasteiger partial charge in [0, 0.05) is 11.0 Å². The van der Waals surface area contributed by atoms with Gasteiger partial charge in [-0.3, -0.25) is 0 Å². The Kier molecular flexibility index (Phi) is 5.28. The number of nitrogens with two attached hydrogens (primary N) is 1. The summed E-state index contributed by atoms with van der Waals surface area (Å²) in [6.45, 7) is 3.44. The number of nitrogens with zero attached hydrogens (tertiary/aromatic N) is 3. The molecule has 1 aromatic heterocycles. The van der Waals surface area contributed by atoms with E-state index in [-0.39, 0.29) is 0 Å². The molecule has 0 bridgehead atoms. The number of rotatable bonds is 6. The molecule has 1 heterocycles. The van der Waals surface area contributed by atoms with Gasteiger partial charge in [-0.2, -0.15) is 4.98 Å².